The molecular formula is C10H12N4O. The van der Waals surface area contributed by atoms with E-state index in [0.29, 0.717) is 18.9 Å². The summed E-state index contributed by atoms with van der Waals surface area (Å²) in [5.41, 5.74) is 0. The summed E-state index contributed by atoms with van der Waals surface area (Å²) in [6, 6.07) is 3.87. The predicted octanol–water partition coefficient (Wildman–Crippen LogP) is 1.24. The Kier molecular flexibility index (Phi) is 2.82. The van der Waals surface area contributed by atoms with Gasteiger partial charge in [0.15, 0.2) is 0 Å². The number of aromatic amines is 1. The molecule has 0 bridgehead atoms. The number of carbonyl (C=O) groups excluding carboxylic acids is 1. The Labute approximate surface area is 87.1 Å². The van der Waals surface area contributed by atoms with Crippen LogP contribution in [-0.2, 0) is 11.3 Å². The Balaban J connectivity index is 1.78. The number of imidazole rings is 1. The van der Waals surface area contributed by atoms with E-state index in [1.165, 1.54) is 0 Å². The zero-order valence-electron chi connectivity index (χ0n) is 8.18. The van der Waals surface area contributed by atoms with Gasteiger partial charge in [0.25, 0.3) is 0 Å². The minimum absolute atomic E-state index is 0.0429. The lowest BCUT2D eigenvalue weighted by Crippen LogP contribution is -2.14. The quantitative estimate of drug-likeness (QED) is 0.787. The summed E-state index contributed by atoms with van der Waals surface area (Å²) in [5, 5.41) is 2.67. The summed E-state index contributed by atoms with van der Waals surface area (Å²) in [7, 11) is 0. The Morgan fingerprint density at radius 2 is 2.27 bits per heavy atom. The van der Waals surface area contributed by atoms with Crippen LogP contribution in [0.5, 0.6) is 0 Å². The highest BCUT2D eigenvalue weighted by atomic mass is 16.1. The van der Waals surface area contributed by atoms with Gasteiger partial charge in [-0.15, -0.1) is 0 Å². The molecule has 15 heavy (non-hydrogen) atoms. The molecule has 78 valence electrons. The van der Waals surface area contributed by atoms with Gasteiger partial charge in [-0.1, -0.05) is 0 Å². The number of hydrogen-bond donors (Lipinski definition) is 2. The molecular weight excluding hydrogens is 192 g/mol. The van der Waals surface area contributed by atoms with Crippen molar-refractivity contribution in [1.29, 1.82) is 0 Å². The highest BCUT2D eigenvalue weighted by molar-refractivity contribution is 5.88. The van der Waals surface area contributed by atoms with Crippen LogP contribution in [0.3, 0.4) is 0 Å². The molecule has 0 aliphatic carbocycles. The van der Waals surface area contributed by atoms with Crippen LogP contribution in [0.15, 0.2) is 36.9 Å². The average Bonchev–Trinajstić information content (AvgIpc) is 2.86. The van der Waals surface area contributed by atoms with Crippen molar-refractivity contribution in [3.63, 3.8) is 0 Å². The lowest BCUT2D eigenvalue weighted by molar-refractivity contribution is -0.116. The largest absolute Gasteiger partial charge is 0.354 e. The standard InChI is InChI=1S/C10H12N4O/c15-9(13-10-11-4-5-12-10)3-8-14-6-1-2-7-14/h1-2,4-7H,3,8H2,(H2,11,12,13,15). The van der Waals surface area contributed by atoms with Gasteiger partial charge in [-0.2, -0.15) is 0 Å². The molecule has 0 fully saturated rings. The maximum Gasteiger partial charge on any atom is 0.228 e. The third-order valence-electron chi connectivity index (χ3n) is 2.02. The Morgan fingerprint density at radius 1 is 1.47 bits per heavy atom. The number of H-pyrrole nitrogens is 1. The van der Waals surface area contributed by atoms with Gasteiger partial charge in [0.05, 0.1) is 0 Å². The third-order valence-corrected chi connectivity index (χ3v) is 2.02. The van der Waals surface area contributed by atoms with Gasteiger partial charge in [-0.05, 0) is 12.1 Å². The van der Waals surface area contributed by atoms with E-state index in [-0.39, 0.29) is 5.91 Å². The molecule has 0 aliphatic heterocycles. The number of carbonyl (C=O) groups is 1. The van der Waals surface area contributed by atoms with E-state index in [2.05, 4.69) is 15.3 Å². The molecule has 0 aromatic carbocycles. The van der Waals surface area contributed by atoms with Crippen LogP contribution in [0.25, 0.3) is 0 Å². The second-order valence-corrected chi connectivity index (χ2v) is 3.16. The second kappa shape index (κ2) is 4.45. The van der Waals surface area contributed by atoms with Gasteiger partial charge in [0.1, 0.15) is 0 Å². The topological polar surface area (TPSA) is 62.7 Å². The van der Waals surface area contributed by atoms with Crippen molar-refractivity contribution in [3.8, 4) is 0 Å². The van der Waals surface area contributed by atoms with Crippen molar-refractivity contribution < 1.29 is 4.79 Å². The van der Waals surface area contributed by atoms with E-state index in [1.807, 2.05) is 29.1 Å². The van der Waals surface area contributed by atoms with Gasteiger partial charge >= 0.3 is 0 Å². The van der Waals surface area contributed by atoms with E-state index < -0.39 is 0 Å². The Hall–Kier alpha value is -2.04. The lowest BCUT2D eigenvalue weighted by Gasteiger charge is -2.02. The van der Waals surface area contributed by atoms with Crippen molar-refractivity contribution in [2.24, 2.45) is 0 Å². The fourth-order valence-corrected chi connectivity index (χ4v) is 1.28. The van der Waals surface area contributed by atoms with Gasteiger partial charge in [0.2, 0.25) is 11.9 Å². The Bertz CT molecular complexity index is 405. The fourth-order valence-electron chi connectivity index (χ4n) is 1.28. The highest BCUT2D eigenvalue weighted by Crippen LogP contribution is 1.98. The van der Waals surface area contributed by atoms with Crippen molar-refractivity contribution in [1.82, 2.24) is 14.5 Å². The molecule has 5 nitrogen and oxygen atoms in total. The number of rotatable bonds is 4. The minimum atomic E-state index is -0.0429. The molecule has 0 radical (unpaired) electrons. The highest BCUT2D eigenvalue weighted by Gasteiger charge is 2.03. The number of aryl methyl sites for hydroxylation is 1. The molecule has 0 aliphatic rings. The summed E-state index contributed by atoms with van der Waals surface area (Å²) < 4.78 is 1.96. The molecule has 2 aromatic heterocycles. The third kappa shape index (κ3) is 2.70. The van der Waals surface area contributed by atoms with E-state index >= 15 is 0 Å². The molecule has 0 spiro atoms. The van der Waals surface area contributed by atoms with Crippen molar-refractivity contribution in [2.75, 3.05) is 5.32 Å². The van der Waals surface area contributed by atoms with Gasteiger partial charge in [-0.3, -0.25) is 10.1 Å². The zero-order chi connectivity index (χ0) is 10.5. The van der Waals surface area contributed by atoms with Crippen LogP contribution < -0.4 is 5.32 Å². The molecule has 0 atom stereocenters. The molecule has 5 heteroatoms. The van der Waals surface area contributed by atoms with E-state index in [9.17, 15) is 4.79 Å². The smallest absolute Gasteiger partial charge is 0.228 e. The van der Waals surface area contributed by atoms with Crippen LogP contribution in [0.2, 0.25) is 0 Å². The maximum atomic E-state index is 11.4. The first kappa shape index (κ1) is 9.51. The summed E-state index contributed by atoms with van der Waals surface area (Å²) in [5.74, 6) is 0.450. The van der Waals surface area contributed by atoms with Crippen molar-refractivity contribution >= 4 is 11.9 Å². The predicted molar refractivity (Wildman–Crippen MR) is 56.3 cm³/mol. The summed E-state index contributed by atoms with van der Waals surface area (Å²) in [6.07, 6.45) is 7.57. The number of hydrogen-bond acceptors (Lipinski definition) is 2. The monoisotopic (exact) mass is 204 g/mol. The van der Waals surface area contributed by atoms with Crippen LogP contribution in [0, 0.1) is 0 Å². The molecule has 2 heterocycles. The number of nitrogens with one attached hydrogen (secondary N) is 2. The molecule has 2 aromatic rings. The summed E-state index contributed by atoms with van der Waals surface area (Å²) in [6.45, 7) is 0.680. The number of anilines is 1. The molecule has 0 saturated carbocycles. The van der Waals surface area contributed by atoms with Crippen LogP contribution in [0.1, 0.15) is 6.42 Å². The maximum absolute atomic E-state index is 11.4. The SMILES string of the molecule is O=C(CCn1cccc1)Nc1ncc[nH]1. The molecule has 2 N–H and O–H groups in total. The summed E-state index contributed by atoms with van der Waals surface area (Å²) >= 11 is 0. The van der Waals surface area contributed by atoms with Crippen molar-refractivity contribution in [3.05, 3.63) is 36.9 Å². The minimum Gasteiger partial charge on any atom is -0.354 e. The molecule has 2 rings (SSSR count). The van der Waals surface area contributed by atoms with E-state index in [4.69, 9.17) is 0 Å². The molecule has 1 amide bonds. The first-order valence-corrected chi connectivity index (χ1v) is 4.74. The van der Waals surface area contributed by atoms with Gasteiger partial charge < -0.3 is 9.55 Å². The molecule has 0 unspecified atom stereocenters. The van der Waals surface area contributed by atoms with E-state index in [1.54, 1.807) is 12.4 Å². The fraction of sp³-hybridized carbons (Fsp3) is 0.200. The van der Waals surface area contributed by atoms with E-state index in [0.717, 1.165) is 0 Å². The first-order chi connectivity index (χ1) is 7.34. The first-order valence-electron chi connectivity index (χ1n) is 4.74. The molecule has 0 saturated heterocycles. The zero-order valence-corrected chi connectivity index (χ0v) is 8.18. The Morgan fingerprint density at radius 3 is 2.93 bits per heavy atom. The second-order valence-electron chi connectivity index (χ2n) is 3.16. The normalized spacial score (nSPS) is 10.1. The average molecular weight is 204 g/mol. The van der Waals surface area contributed by atoms with Crippen LogP contribution in [-0.4, -0.2) is 20.4 Å². The number of amides is 1. The van der Waals surface area contributed by atoms with Gasteiger partial charge in [0, 0.05) is 37.8 Å². The van der Waals surface area contributed by atoms with Crippen molar-refractivity contribution in [2.45, 2.75) is 13.0 Å². The lowest BCUT2D eigenvalue weighted by atomic mass is 10.4. The van der Waals surface area contributed by atoms with Gasteiger partial charge in [-0.25, -0.2) is 4.98 Å². The van der Waals surface area contributed by atoms with Crippen LogP contribution >= 0.6 is 0 Å². The summed E-state index contributed by atoms with van der Waals surface area (Å²) in [4.78, 5) is 18.1. The van der Waals surface area contributed by atoms with Crippen LogP contribution in [0.4, 0.5) is 5.95 Å². The number of aromatic nitrogens is 3. The number of nitrogens with zero attached hydrogens (tertiary/aromatic N) is 2.